The van der Waals surface area contributed by atoms with E-state index in [2.05, 4.69) is 19.0 Å². The Morgan fingerprint density at radius 3 is 2.48 bits per heavy atom. The second kappa shape index (κ2) is 8.06. The van der Waals surface area contributed by atoms with Crippen LogP contribution >= 0.6 is 12.2 Å². The summed E-state index contributed by atoms with van der Waals surface area (Å²) in [5, 5.41) is 5.02. The first-order valence-electron chi connectivity index (χ1n) is 11.8. The van der Waals surface area contributed by atoms with Gasteiger partial charge in [0.1, 0.15) is 5.52 Å². The molecular formula is C23H30N6OS. The van der Waals surface area contributed by atoms with Crippen molar-refractivity contribution in [3.05, 3.63) is 34.9 Å². The van der Waals surface area contributed by atoms with Crippen LogP contribution in [0, 0.1) is 4.77 Å². The molecule has 0 radical (unpaired) electrons. The van der Waals surface area contributed by atoms with Crippen molar-refractivity contribution in [2.24, 2.45) is 0 Å². The number of rotatable bonds is 5. The minimum Gasteiger partial charge on any atom is -0.440 e. The van der Waals surface area contributed by atoms with Gasteiger partial charge in [-0.3, -0.25) is 9.47 Å². The molecule has 8 heteroatoms. The normalized spacial score (nSPS) is 21.2. The first-order valence-corrected chi connectivity index (χ1v) is 12.2. The molecule has 3 aromatic rings. The third-order valence-electron chi connectivity index (χ3n) is 6.98. The summed E-state index contributed by atoms with van der Waals surface area (Å²) in [4.78, 5) is 9.65. The highest BCUT2D eigenvalue weighted by Gasteiger charge is 2.32. The number of aromatic nitrogens is 4. The molecule has 2 aromatic heterocycles. The van der Waals surface area contributed by atoms with Gasteiger partial charge in [0.15, 0.2) is 11.5 Å². The molecule has 0 unspecified atom stereocenters. The third kappa shape index (κ3) is 3.80. The molecule has 7 nitrogen and oxygen atoms in total. The molecule has 3 aliphatic rings. The van der Waals surface area contributed by atoms with Crippen LogP contribution in [0.4, 0.5) is 5.95 Å². The molecule has 2 saturated heterocycles. The SMILES string of the molecule is S=c1n(CN2CCC(c3nc4ccccc4o3)CC2)nc(N2CCCCC2)n1C1CC1. The number of fused-ring (bicyclic) bond motifs is 1. The van der Waals surface area contributed by atoms with Gasteiger partial charge in [-0.1, -0.05) is 12.1 Å². The predicted octanol–water partition coefficient (Wildman–Crippen LogP) is 4.72. The van der Waals surface area contributed by atoms with E-state index in [0.29, 0.717) is 12.0 Å². The zero-order valence-corrected chi connectivity index (χ0v) is 18.8. The number of hydrogen-bond acceptors (Lipinski definition) is 6. The van der Waals surface area contributed by atoms with E-state index in [9.17, 15) is 0 Å². The van der Waals surface area contributed by atoms with Gasteiger partial charge in [-0.05, 0) is 69.3 Å². The summed E-state index contributed by atoms with van der Waals surface area (Å²) >= 11 is 5.89. The molecule has 1 aromatic carbocycles. The Morgan fingerprint density at radius 1 is 0.968 bits per heavy atom. The standard InChI is InChI=1S/C23H30N6OS/c31-23-28(25-22(29(23)18-8-9-18)27-12-4-1-5-13-27)16-26-14-10-17(11-15-26)21-24-19-6-2-3-7-20(19)30-21/h2-3,6-7,17-18H,1,4-5,8-16H2. The molecule has 1 aliphatic carbocycles. The second-order valence-electron chi connectivity index (χ2n) is 9.28. The van der Waals surface area contributed by atoms with Gasteiger partial charge in [-0.15, -0.1) is 5.10 Å². The van der Waals surface area contributed by atoms with Gasteiger partial charge >= 0.3 is 0 Å². The lowest BCUT2D eigenvalue weighted by atomic mass is 9.97. The van der Waals surface area contributed by atoms with Crippen molar-refractivity contribution in [3.8, 4) is 0 Å². The van der Waals surface area contributed by atoms with Gasteiger partial charge in [0.2, 0.25) is 10.7 Å². The maximum Gasteiger partial charge on any atom is 0.226 e. The summed E-state index contributed by atoms with van der Waals surface area (Å²) in [6.07, 6.45) is 8.43. The highest BCUT2D eigenvalue weighted by molar-refractivity contribution is 7.71. The lowest BCUT2D eigenvalue weighted by Gasteiger charge is -2.30. The molecule has 0 amide bonds. The first kappa shape index (κ1) is 19.5. The van der Waals surface area contributed by atoms with E-state index < -0.39 is 0 Å². The van der Waals surface area contributed by atoms with Crippen molar-refractivity contribution in [3.63, 3.8) is 0 Å². The van der Waals surface area contributed by atoms with E-state index in [1.165, 1.54) is 32.1 Å². The van der Waals surface area contributed by atoms with E-state index in [1.807, 2.05) is 24.3 Å². The van der Waals surface area contributed by atoms with Crippen LogP contribution in [0.2, 0.25) is 0 Å². The van der Waals surface area contributed by atoms with E-state index in [1.54, 1.807) is 0 Å². The largest absolute Gasteiger partial charge is 0.440 e. The minimum atomic E-state index is 0.393. The van der Waals surface area contributed by atoms with Crippen molar-refractivity contribution in [1.82, 2.24) is 24.2 Å². The maximum atomic E-state index is 6.03. The summed E-state index contributed by atoms with van der Waals surface area (Å²) in [7, 11) is 0. The number of benzene rings is 1. The Labute approximate surface area is 187 Å². The Morgan fingerprint density at radius 2 is 1.74 bits per heavy atom. The smallest absolute Gasteiger partial charge is 0.226 e. The van der Waals surface area contributed by atoms with Gasteiger partial charge in [0, 0.05) is 38.1 Å². The van der Waals surface area contributed by atoms with Gasteiger partial charge in [-0.2, -0.15) is 0 Å². The summed E-state index contributed by atoms with van der Waals surface area (Å²) in [6.45, 7) is 5.02. The van der Waals surface area contributed by atoms with E-state index >= 15 is 0 Å². The topological polar surface area (TPSA) is 55.3 Å². The molecule has 0 N–H and O–H groups in total. The van der Waals surface area contributed by atoms with E-state index in [4.69, 9.17) is 26.7 Å². The fraction of sp³-hybridized carbons (Fsp3) is 0.609. The fourth-order valence-corrected chi connectivity index (χ4v) is 5.37. The highest BCUT2D eigenvalue weighted by Crippen LogP contribution is 2.39. The average Bonchev–Trinajstić information content (AvgIpc) is 3.47. The van der Waals surface area contributed by atoms with Crippen LogP contribution < -0.4 is 4.90 Å². The molecule has 3 fully saturated rings. The molecule has 31 heavy (non-hydrogen) atoms. The van der Waals surface area contributed by atoms with Crippen molar-refractivity contribution < 1.29 is 4.42 Å². The zero-order chi connectivity index (χ0) is 20.8. The molecule has 0 atom stereocenters. The predicted molar refractivity (Wildman–Crippen MR) is 123 cm³/mol. The first-order chi connectivity index (χ1) is 15.3. The monoisotopic (exact) mass is 438 g/mol. The summed E-state index contributed by atoms with van der Waals surface area (Å²) in [5.74, 6) is 2.39. The fourth-order valence-electron chi connectivity index (χ4n) is 5.04. The van der Waals surface area contributed by atoms with E-state index in [0.717, 1.165) is 73.4 Å². The van der Waals surface area contributed by atoms with Crippen LogP contribution in [-0.4, -0.2) is 50.4 Å². The lowest BCUT2D eigenvalue weighted by molar-refractivity contribution is 0.153. The van der Waals surface area contributed by atoms with Crippen LogP contribution in [0.25, 0.3) is 11.1 Å². The maximum absolute atomic E-state index is 6.03. The van der Waals surface area contributed by atoms with Crippen LogP contribution in [0.5, 0.6) is 0 Å². The molecule has 0 bridgehead atoms. The Kier molecular flexibility index (Phi) is 5.07. The lowest BCUT2D eigenvalue weighted by Crippen LogP contribution is -2.35. The number of hydrogen-bond donors (Lipinski definition) is 0. The van der Waals surface area contributed by atoms with Crippen LogP contribution in [0.1, 0.15) is 62.8 Å². The number of piperidine rings is 2. The van der Waals surface area contributed by atoms with Crippen LogP contribution in [-0.2, 0) is 6.67 Å². The van der Waals surface area contributed by atoms with Crippen molar-refractivity contribution in [2.75, 3.05) is 31.1 Å². The number of anilines is 1. The second-order valence-corrected chi connectivity index (χ2v) is 9.65. The Bertz CT molecular complexity index is 1080. The van der Waals surface area contributed by atoms with Gasteiger partial charge in [0.25, 0.3) is 0 Å². The number of para-hydroxylation sites is 2. The summed E-state index contributed by atoms with van der Waals surface area (Å²) < 4.78 is 11.3. The number of oxazole rings is 1. The van der Waals surface area contributed by atoms with Crippen LogP contribution in [0.3, 0.4) is 0 Å². The quantitative estimate of drug-likeness (QED) is 0.538. The highest BCUT2D eigenvalue weighted by atomic mass is 32.1. The van der Waals surface area contributed by atoms with Crippen molar-refractivity contribution in [1.29, 1.82) is 0 Å². The van der Waals surface area contributed by atoms with Crippen molar-refractivity contribution in [2.45, 2.75) is 63.6 Å². The van der Waals surface area contributed by atoms with Crippen LogP contribution in [0.15, 0.2) is 28.7 Å². The van der Waals surface area contributed by atoms with Gasteiger partial charge < -0.3 is 9.32 Å². The molecule has 164 valence electrons. The number of likely N-dealkylation sites (tertiary alicyclic amines) is 1. The minimum absolute atomic E-state index is 0.393. The molecule has 4 heterocycles. The summed E-state index contributed by atoms with van der Waals surface area (Å²) in [6, 6.07) is 8.60. The molecule has 2 aliphatic heterocycles. The molecule has 1 saturated carbocycles. The Balaban J connectivity index is 1.15. The molecular weight excluding hydrogens is 408 g/mol. The zero-order valence-electron chi connectivity index (χ0n) is 17.9. The van der Waals surface area contributed by atoms with Gasteiger partial charge in [-0.25, -0.2) is 9.67 Å². The average molecular weight is 439 g/mol. The molecule has 6 rings (SSSR count). The van der Waals surface area contributed by atoms with Gasteiger partial charge in [0.05, 0.1) is 6.67 Å². The molecule has 0 spiro atoms. The number of nitrogens with zero attached hydrogens (tertiary/aromatic N) is 6. The van der Waals surface area contributed by atoms with Crippen molar-refractivity contribution >= 4 is 29.3 Å². The van der Waals surface area contributed by atoms with E-state index in [-0.39, 0.29) is 0 Å². The Hall–Kier alpha value is -2.19. The third-order valence-corrected chi connectivity index (χ3v) is 7.39. The summed E-state index contributed by atoms with van der Waals surface area (Å²) in [5.41, 5.74) is 1.85.